The lowest BCUT2D eigenvalue weighted by molar-refractivity contribution is 0.232. The average Bonchev–Trinajstić information content (AvgIpc) is 1.89. The molecule has 0 spiro atoms. The first-order valence-electron chi connectivity index (χ1n) is 3.26. The third-order valence-electron chi connectivity index (χ3n) is 1.04. The van der Waals surface area contributed by atoms with Crippen LogP contribution < -0.4 is 0 Å². The Morgan fingerprint density at radius 1 is 1.22 bits per heavy atom. The second kappa shape index (κ2) is 7.44. The van der Waals surface area contributed by atoms with E-state index in [2.05, 4.69) is 6.58 Å². The van der Waals surface area contributed by atoms with E-state index in [4.69, 9.17) is 0 Å². The molecule has 1 radical (unpaired) electrons. The van der Waals surface area contributed by atoms with Crippen LogP contribution in [0.3, 0.4) is 0 Å². The third-order valence-corrected chi connectivity index (χ3v) is 1.04. The monoisotopic (exact) mass is 125 g/mol. The van der Waals surface area contributed by atoms with Gasteiger partial charge in [0.05, 0.1) is 0 Å². The summed E-state index contributed by atoms with van der Waals surface area (Å²) in [6, 6.07) is 0. The summed E-state index contributed by atoms with van der Waals surface area (Å²) >= 11 is 0. The van der Waals surface area contributed by atoms with Crippen molar-refractivity contribution in [3.05, 3.63) is 24.8 Å². The van der Waals surface area contributed by atoms with Crippen molar-refractivity contribution >= 4 is 0 Å². The predicted molar refractivity (Wildman–Crippen MR) is 38.7 cm³/mol. The molecule has 0 aromatic heterocycles. The minimum Gasteiger partial charge on any atom is -0.232 e. The van der Waals surface area contributed by atoms with Crippen LogP contribution in [-0.2, 0) is 5.11 Å². The molecule has 0 aliphatic heterocycles. The van der Waals surface area contributed by atoms with Crippen LogP contribution in [0.2, 0.25) is 0 Å². The van der Waals surface area contributed by atoms with Crippen LogP contribution in [0.4, 0.5) is 0 Å². The normalized spacial score (nSPS) is 10.3. The van der Waals surface area contributed by atoms with Gasteiger partial charge in [-0.05, 0) is 19.3 Å². The topological polar surface area (TPSA) is 19.9 Å². The van der Waals surface area contributed by atoms with E-state index in [0.29, 0.717) is 0 Å². The van der Waals surface area contributed by atoms with E-state index in [-0.39, 0.29) is 6.61 Å². The molecule has 0 bridgehead atoms. The largest absolute Gasteiger partial charge is 0.232 e. The molecular formula is C8H13O. The summed E-state index contributed by atoms with van der Waals surface area (Å²) < 4.78 is 0. The van der Waals surface area contributed by atoms with Crippen LogP contribution in [0, 0.1) is 0 Å². The van der Waals surface area contributed by atoms with Crippen molar-refractivity contribution in [2.24, 2.45) is 0 Å². The summed E-state index contributed by atoms with van der Waals surface area (Å²) in [5, 5.41) is 9.86. The Bertz CT molecular complexity index is 84.6. The fourth-order valence-corrected chi connectivity index (χ4v) is 0.566. The summed E-state index contributed by atoms with van der Waals surface area (Å²) in [6.45, 7) is 3.50. The molecule has 0 saturated carbocycles. The Balaban J connectivity index is 2.90. The van der Waals surface area contributed by atoms with E-state index in [9.17, 15) is 5.11 Å². The number of rotatable bonds is 5. The molecule has 0 aromatic carbocycles. The van der Waals surface area contributed by atoms with Crippen LogP contribution in [0.1, 0.15) is 19.3 Å². The Hall–Kier alpha value is -0.560. The molecule has 0 N–H and O–H groups in total. The van der Waals surface area contributed by atoms with Gasteiger partial charge in [0.25, 0.3) is 0 Å². The Labute approximate surface area is 56.7 Å². The van der Waals surface area contributed by atoms with Gasteiger partial charge in [-0.1, -0.05) is 18.2 Å². The van der Waals surface area contributed by atoms with Gasteiger partial charge in [0.15, 0.2) is 0 Å². The molecular weight excluding hydrogens is 112 g/mol. The van der Waals surface area contributed by atoms with Gasteiger partial charge in [-0.15, -0.1) is 6.58 Å². The zero-order valence-corrected chi connectivity index (χ0v) is 5.68. The molecule has 1 heteroatoms. The first-order chi connectivity index (χ1) is 4.41. The summed E-state index contributed by atoms with van der Waals surface area (Å²) in [7, 11) is 0. The maximum Gasteiger partial charge on any atom is 0.100 e. The van der Waals surface area contributed by atoms with Crippen LogP contribution in [0.25, 0.3) is 0 Å². The van der Waals surface area contributed by atoms with Gasteiger partial charge in [-0.3, -0.25) is 0 Å². The first kappa shape index (κ1) is 8.44. The summed E-state index contributed by atoms with van der Waals surface area (Å²) in [4.78, 5) is 0. The van der Waals surface area contributed by atoms with Gasteiger partial charge < -0.3 is 0 Å². The van der Waals surface area contributed by atoms with Gasteiger partial charge in [0, 0.05) is 0 Å². The van der Waals surface area contributed by atoms with Crippen molar-refractivity contribution in [2.45, 2.75) is 19.3 Å². The lowest BCUT2D eigenvalue weighted by Gasteiger charge is -1.86. The van der Waals surface area contributed by atoms with E-state index in [0.717, 1.165) is 19.3 Å². The van der Waals surface area contributed by atoms with Crippen molar-refractivity contribution in [3.63, 3.8) is 0 Å². The summed E-state index contributed by atoms with van der Waals surface area (Å²) in [6.07, 6.45) is 8.64. The van der Waals surface area contributed by atoms with Gasteiger partial charge in [0.2, 0.25) is 0 Å². The fourth-order valence-electron chi connectivity index (χ4n) is 0.566. The van der Waals surface area contributed by atoms with Gasteiger partial charge in [0.1, 0.15) is 6.61 Å². The minimum atomic E-state index is -0.0892. The van der Waals surface area contributed by atoms with Gasteiger partial charge in [-0.25, -0.2) is 5.11 Å². The van der Waals surface area contributed by atoms with E-state index in [1.807, 2.05) is 12.2 Å². The van der Waals surface area contributed by atoms with Crippen molar-refractivity contribution in [3.8, 4) is 0 Å². The zero-order valence-electron chi connectivity index (χ0n) is 5.68. The number of unbranched alkanes of at least 4 members (excludes halogenated alkanes) is 2. The number of allylic oxidation sites excluding steroid dienone is 2. The lowest BCUT2D eigenvalue weighted by Crippen LogP contribution is -1.70. The molecule has 0 aromatic rings. The number of hydrogen-bond acceptors (Lipinski definition) is 0. The molecule has 0 fully saturated rings. The van der Waals surface area contributed by atoms with Crippen LogP contribution >= 0.6 is 0 Å². The molecule has 51 valence electrons. The zero-order chi connectivity index (χ0) is 6.95. The van der Waals surface area contributed by atoms with Gasteiger partial charge >= 0.3 is 0 Å². The molecule has 0 unspecified atom stereocenters. The third kappa shape index (κ3) is 7.44. The predicted octanol–water partition coefficient (Wildman–Crippen LogP) is 2.33. The first-order valence-corrected chi connectivity index (χ1v) is 3.26. The highest BCUT2D eigenvalue weighted by molar-refractivity contribution is 4.81. The summed E-state index contributed by atoms with van der Waals surface area (Å²) in [5.74, 6) is 0. The van der Waals surface area contributed by atoms with Crippen molar-refractivity contribution in [1.29, 1.82) is 0 Å². The molecule has 0 aliphatic carbocycles. The van der Waals surface area contributed by atoms with Crippen LogP contribution in [-0.4, -0.2) is 6.61 Å². The molecule has 0 saturated heterocycles. The summed E-state index contributed by atoms with van der Waals surface area (Å²) in [5.41, 5.74) is 0. The Morgan fingerprint density at radius 2 is 2.00 bits per heavy atom. The van der Waals surface area contributed by atoms with Crippen molar-refractivity contribution < 1.29 is 5.11 Å². The van der Waals surface area contributed by atoms with E-state index < -0.39 is 0 Å². The van der Waals surface area contributed by atoms with Crippen LogP contribution in [0.5, 0.6) is 0 Å². The fraction of sp³-hybridized carbons (Fsp3) is 0.500. The van der Waals surface area contributed by atoms with Crippen molar-refractivity contribution in [1.82, 2.24) is 0 Å². The van der Waals surface area contributed by atoms with Crippen LogP contribution in [0.15, 0.2) is 24.8 Å². The molecule has 0 heterocycles. The average molecular weight is 125 g/mol. The highest BCUT2D eigenvalue weighted by atomic mass is 16.2. The standard InChI is InChI=1S/C8H13O/c1-2-3-4-5-6-7-8-9/h2,6-7H,1,3-5,8H2. The second-order valence-corrected chi connectivity index (χ2v) is 1.86. The molecule has 0 atom stereocenters. The van der Waals surface area contributed by atoms with E-state index >= 15 is 0 Å². The Kier molecular flexibility index (Phi) is 6.98. The highest BCUT2D eigenvalue weighted by Gasteiger charge is 1.77. The maximum atomic E-state index is 9.86. The molecule has 0 aliphatic rings. The van der Waals surface area contributed by atoms with E-state index in [1.54, 1.807) is 6.08 Å². The number of hydrogen-bond donors (Lipinski definition) is 0. The molecule has 9 heavy (non-hydrogen) atoms. The highest BCUT2D eigenvalue weighted by Crippen LogP contribution is 1.95. The Morgan fingerprint density at radius 3 is 2.56 bits per heavy atom. The maximum absolute atomic E-state index is 9.86. The molecule has 0 amide bonds. The lowest BCUT2D eigenvalue weighted by atomic mass is 10.2. The quantitative estimate of drug-likeness (QED) is 0.397. The minimum absolute atomic E-state index is 0.0892. The molecule has 1 nitrogen and oxygen atoms in total. The van der Waals surface area contributed by atoms with Gasteiger partial charge in [-0.2, -0.15) is 0 Å². The van der Waals surface area contributed by atoms with Crippen molar-refractivity contribution in [2.75, 3.05) is 6.61 Å². The SMILES string of the molecule is C=CCCCC=CC[O]. The molecule has 0 rings (SSSR count). The second-order valence-electron chi connectivity index (χ2n) is 1.86. The smallest absolute Gasteiger partial charge is 0.100 e. The van der Waals surface area contributed by atoms with E-state index in [1.165, 1.54) is 0 Å².